The molecule has 1 aliphatic rings. The average molecular weight is 538 g/mol. The molecule has 1 amide bonds. The summed E-state index contributed by atoms with van der Waals surface area (Å²) in [5.41, 5.74) is -0.506. The summed E-state index contributed by atoms with van der Waals surface area (Å²) in [6.07, 6.45) is -2.04. The summed E-state index contributed by atoms with van der Waals surface area (Å²) < 4.78 is 79.2. The zero-order chi connectivity index (χ0) is 27.0. The molecule has 1 N–H and O–H groups in total. The van der Waals surface area contributed by atoms with E-state index in [-0.39, 0.29) is 24.4 Å². The number of halogens is 4. The molecule has 1 fully saturated rings. The van der Waals surface area contributed by atoms with E-state index in [1.54, 1.807) is 0 Å². The van der Waals surface area contributed by atoms with E-state index >= 15 is 0 Å². The van der Waals surface area contributed by atoms with Crippen molar-refractivity contribution in [2.45, 2.75) is 43.9 Å². The number of aromatic nitrogens is 3. The van der Waals surface area contributed by atoms with E-state index in [9.17, 15) is 30.8 Å². The maximum Gasteiger partial charge on any atom is 0.433 e. The Kier molecular flexibility index (Phi) is 7.04. The van der Waals surface area contributed by atoms with E-state index < -0.39 is 45.1 Å². The van der Waals surface area contributed by atoms with Crippen LogP contribution in [0.5, 0.6) is 0 Å². The minimum atomic E-state index is -4.56. The van der Waals surface area contributed by atoms with E-state index in [0.717, 1.165) is 40.8 Å². The van der Waals surface area contributed by atoms with Crippen LogP contribution in [0.2, 0.25) is 0 Å². The van der Waals surface area contributed by atoms with Crippen LogP contribution in [0.3, 0.4) is 0 Å². The summed E-state index contributed by atoms with van der Waals surface area (Å²) in [4.78, 5) is 24.5. The molecule has 4 rings (SSSR count). The van der Waals surface area contributed by atoms with Gasteiger partial charge in [0.2, 0.25) is 15.9 Å². The number of rotatable bonds is 6. The zero-order valence-corrected chi connectivity index (χ0v) is 20.6. The predicted octanol–water partition coefficient (Wildman–Crippen LogP) is 3.80. The van der Waals surface area contributed by atoms with Crippen molar-refractivity contribution in [1.29, 1.82) is 0 Å². The third-order valence-electron chi connectivity index (χ3n) is 5.92. The summed E-state index contributed by atoms with van der Waals surface area (Å²) in [5, 5.41) is 2.69. The summed E-state index contributed by atoms with van der Waals surface area (Å²) in [5.74, 6) is -1.11. The minimum Gasteiger partial charge on any atom is -0.349 e. The van der Waals surface area contributed by atoms with Crippen molar-refractivity contribution >= 4 is 15.9 Å². The van der Waals surface area contributed by atoms with Gasteiger partial charge in [0.05, 0.1) is 22.8 Å². The highest BCUT2D eigenvalue weighted by atomic mass is 32.2. The lowest BCUT2D eigenvalue weighted by atomic mass is 9.90. The highest BCUT2D eigenvalue weighted by Crippen LogP contribution is 2.37. The highest BCUT2D eigenvalue weighted by Gasteiger charge is 2.47. The first kappa shape index (κ1) is 26.6. The van der Waals surface area contributed by atoms with Gasteiger partial charge in [0.25, 0.3) is 0 Å². The Labute approximate surface area is 210 Å². The van der Waals surface area contributed by atoms with Crippen LogP contribution >= 0.6 is 0 Å². The molecule has 1 saturated heterocycles. The normalized spacial score (nSPS) is 18.1. The van der Waals surface area contributed by atoms with Gasteiger partial charge in [-0.3, -0.25) is 9.78 Å². The Balaban J connectivity index is 1.49. The predicted molar refractivity (Wildman–Crippen MR) is 125 cm³/mol. The van der Waals surface area contributed by atoms with Gasteiger partial charge in [-0.25, -0.2) is 22.8 Å². The second-order valence-corrected chi connectivity index (χ2v) is 11.3. The van der Waals surface area contributed by atoms with Gasteiger partial charge in [-0.15, -0.1) is 0 Å². The van der Waals surface area contributed by atoms with Crippen LogP contribution in [0.25, 0.3) is 11.3 Å². The molecule has 0 aliphatic carbocycles. The lowest BCUT2D eigenvalue weighted by molar-refractivity contribution is -0.141. The smallest absolute Gasteiger partial charge is 0.349 e. The molecule has 0 bridgehead atoms. The highest BCUT2D eigenvalue weighted by molar-refractivity contribution is 7.89. The topological polar surface area (TPSA) is 105 Å². The van der Waals surface area contributed by atoms with Gasteiger partial charge in [0.1, 0.15) is 23.9 Å². The number of nitrogens with zero attached hydrogens (tertiary/aromatic N) is 4. The second-order valence-electron chi connectivity index (χ2n) is 9.43. The Morgan fingerprint density at radius 2 is 1.81 bits per heavy atom. The third-order valence-corrected chi connectivity index (χ3v) is 7.79. The lowest BCUT2D eigenvalue weighted by Gasteiger charge is -2.23. The molecule has 3 aromatic rings. The Morgan fingerprint density at radius 1 is 1.11 bits per heavy atom. The van der Waals surface area contributed by atoms with Gasteiger partial charge in [-0.2, -0.15) is 17.5 Å². The minimum absolute atomic E-state index is 0.0657. The number of hydrogen-bond donors (Lipinski definition) is 1. The molecule has 196 valence electrons. The maximum absolute atomic E-state index is 13.3. The molecular weight excluding hydrogens is 514 g/mol. The molecule has 8 nitrogen and oxygen atoms in total. The molecule has 1 aliphatic heterocycles. The van der Waals surface area contributed by atoms with Crippen molar-refractivity contribution in [3.8, 4) is 11.3 Å². The lowest BCUT2D eigenvalue weighted by Crippen LogP contribution is -2.45. The van der Waals surface area contributed by atoms with Gasteiger partial charge in [-0.05, 0) is 54.3 Å². The average Bonchev–Trinajstić information content (AvgIpc) is 3.19. The summed E-state index contributed by atoms with van der Waals surface area (Å²) in [6, 6.07) is 6.98. The number of sulfonamides is 1. The molecule has 2 aromatic heterocycles. The number of benzene rings is 1. The molecule has 0 unspecified atom stereocenters. The van der Waals surface area contributed by atoms with Crippen molar-refractivity contribution in [3.63, 3.8) is 0 Å². The summed E-state index contributed by atoms with van der Waals surface area (Å²) >= 11 is 0. The quantitative estimate of drug-likeness (QED) is 0.480. The fourth-order valence-corrected chi connectivity index (χ4v) is 5.88. The second kappa shape index (κ2) is 9.78. The SMILES string of the molecule is CC1(C)C[C@@H](C(=O)NCc2cc(-c3ccc(C(F)(F)F)nc3)ncn2)N(S(=O)(=O)c2ccc(F)cc2)C1. The summed E-state index contributed by atoms with van der Waals surface area (Å²) in [7, 11) is -4.07. The maximum atomic E-state index is 13.3. The molecular formula is C24H23F4N5O3S. The van der Waals surface area contributed by atoms with Crippen molar-refractivity contribution in [1.82, 2.24) is 24.6 Å². The summed E-state index contributed by atoms with van der Waals surface area (Å²) in [6.45, 7) is 3.73. The van der Waals surface area contributed by atoms with Crippen LogP contribution in [-0.4, -0.2) is 46.2 Å². The van der Waals surface area contributed by atoms with Crippen LogP contribution < -0.4 is 5.32 Å². The van der Waals surface area contributed by atoms with Crippen molar-refractivity contribution < 1.29 is 30.8 Å². The largest absolute Gasteiger partial charge is 0.433 e. The molecule has 37 heavy (non-hydrogen) atoms. The standard InChI is InChI=1S/C24H23F4N5O3S/c1-23(2)10-20(33(13-23)37(35,36)18-6-4-16(25)5-7-18)22(34)30-12-17-9-19(32-14-31-17)15-3-8-21(29-11-15)24(26,27)28/h3-9,11,14,20H,10,12-13H2,1-2H3,(H,30,34)/t20-/m0/s1. The first-order valence-corrected chi connectivity index (χ1v) is 12.6. The van der Waals surface area contributed by atoms with E-state index in [1.165, 1.54) is 18.5 Å². The van der Waals surface area contributed by atoms with E-state index in [2.05, 4.69) is 20.3 Å². The van der Waals surface area contributed by atoms with Crippen LogP contribution in [-0.2, 0) is 27.5 Å². The Morgan fingerprint density at radius 3 is 2.43 bits per heavy atom. The van der Waals surface area contributed by atoms with Gasteiger partial charge in [-0.1, -0.05) is 13.8 Å². The van der Waals surface area contributed by atoms with Crippen LogP contribution in [0, 0.1) is 11.2 Å². The number of carbonyl (C=O) groups excluding carboxylic acids is 1. The first-order chi connectivity index (χ1) is 17.3. The zero-order valence-electron chi connectivity index (χ0n) is 19.8. The van der Waals surface area contributed by atoms with Crippen LogP contribution in [0.4, 0.5) is 17.6 Å². The van der Waals surface area contributed by atoms with Crippen molar-refractivity contribution in [2.75, 3.05) is 6.54 Å². The fraction of sp³-hybridized carbons (Fsp3) is 0.333. The van der Waals surface area contributed by atoms with E-state index in [4.69, 9.17) is 0 Å². The number of nitrogens with one attached hydrogen (secondary N) is 1. The van der Waals surface area contributed by atoms with Gasteiger partial charge in [0, 0.05) is 18.3 Å². The molecule has 0 saturated carbocycles. The molecule has 13 heteroatoms. The number of carbonyl (C=O) groups is 1. The number of alkyl halides is 3. The fourth-order valence-electron chi connectivity index (χ4n) is 4.10. The number of hydrogen-bond acceptors (Lipinski definition) is 6. The number of amides is 1. The first-order valence-electron chi connectivity index (χ1n) is 11.2. The van der Waals surface area contributed by atoms with Gasteiger partial charge in [0.15, 0.2) is 0 Å². The van der Waals surface area contributed by atoms with E-state index in [0.29, 0.717) is 17.0 Å². The van der Waals surface area contributed by atoms with Crippen LogP contribution in [0.1, 0.15) is 31.7 Å². The molecule has 1 aromatic carbocycles. The molecule has 0 radical (unpaired) electrons. The Hall–Kier alpha value is -3.45. The number of pyridine rings is 1. The molecule has 1 atom stereocenters. The van der Waals surface area contributed by atoms with Gasteiger partial charge >= 0.3 is 6.18 Å². The van der Waals surface area contributed by atoms with Crippen molar-refractivity contribution in [3.05, 3.63) is 72.2 Å². The Bertz CT molecular complexity index is 1400. The third kappa shape index (κ3) is 5.93. The van der Waals surface area contributed by atoms with Crippen molar-refractivity contribution in [2.24, 2.45) is 5.41 Å². The van der Waals surface area contributed by atoms with Crippen LogP contribution in [0.15, 0.2) is 59.9 Å². The monoisotopic (exact) mass is 537 g/mol. The van der Waals surface area contributed by atoms with E-state index in [1.807, 2.05) is 13.8 Å². The molecule has 3 heterocycles. The molecule has 0 spiro atoms. The van der Waals surface area contributed by atoms with Gasteiger partial charge < -0.3 is 5.32 Å².